The standard InChI is InChI=1S/C20H23N5O4S/c26-19-14-25(11-8-21-19)30(28,29)17-5-3-4-15(12-17)20(27)23-18-7-6-16(13-22-18)24-9-1-2-10-24/h3-7,12-13H,1-2,8-11,14H2,(H,21,26)(H,22,23,27). The molecule has 0 bridgehead atoms. The Bertz CT molecular complexity index is 1050. The van der Waals surface area contributed by atoms with Crippen LogP contribution in [0.4, 0.5) is 11.5 Å². The van der Waals surface area contributed by atoms with E-state index in [0.717, 1.165) is 23.1 Å². The van der Waals surface area contributed by atoms with Crippen molar-refractivity contribution in [1.29, 1.82) is 0 Å². The van der Waals surface area contributed by atoms with Gasteiger partial charge in [-0.2, -0.15) is 4.31 Å². The van der Waals surface area contributed by atoms with Crippen molar-refractivity contribution in [2.45, 2.75) is 17.7 Å². The van der Waals surface area contributed by atoms with Crippen LogP contribution in [0, 0.1) is 0 Å². The lowest BCUT2D eigenvalue weighted by Gasteiger charge is -2.26. The van der Waals surface area contributed by atoms with Gasteiger partial charge in [-0.15, -0.1) is 0 Å². The number of benzene rings is 1. The maximum atomic E-state index is 12.8. The molecule has 9 nitrogen and oxygen atoms in total. The van der Waals surface area contributed by atoms with E-state index in [0.29, 0.717) is 5.82 Å². The van der Waals surface area contributed by atoms with Gasteiger partial charge >= 0.3 is 0 Å². The van der Waals surface area contributed by atoms with Crippen molar-refractivity contribution in [3.63, 3.8) is 0 Å². The van der Waals surface area contributed by atoms with Crippen LogP contribution in [0.2, 0.25) is 0 Å². The highest BCUT2D eigenvalue weighted by atomic mass is 32.2. The third kappa shape index (κ3) is 4.29. The zero-order valence-corrected chi connectivity index (χ0v) is 17.2. The number of hydrogen-bond acceptors (Lipinski definition) is 6. The SMILES string of the molecule is O=C1CN(S(=O)(=O)c2cccc(C(=O)Nc3ccc(N4CCCC4)cn3)c2)CCN1. The zero-order chi connectivity index (χ0) is 21.1. The highest BCUT2D eigenvalue weighted by Crippen LogP contribution is 2.21. The van der Waals surface area contributed by atoms with Gasteiger partial charge in [-0.1, -0.05) is 6.07 Å². The molecular formula is C20H23N5O4S. The Balaban J connectivity index is 1.48. The predicted octanol–water partition coefficient (Wildman–Crippen LogP) is 1.05. The Morgan fingerprint density at radius 3 is 2.60 bits per heavy atom. The van der Waals surface area contributed by atoms with Gasteiger partial charge in [0.15, 0.2) is 0 Å². The second-order valence-electron chi connectivity index (χ2n) is 7.27. The summed E-state index contributed by atoms with van der Waals surface area (Å²) in [6, 6.07) is 9.43. The summed E-state index contributed by atoms with van der Waals surface area (Å²) in [7, 11) is -3.87. The van der Waals surface area contributed by atoms with Crippen LogP contribution in [-0.2, 0) is 14.8 Å². The summed E-state index contributed by atoms with van der Waals surface area (Å²) in [6.45, 7) is 2.24. The van der Waals surface area contributed by atoms with E-state index >= 15 is 0 Å². The van der Waals surface area contributed by atoms with E-state index in [1.54, 1.807) is 12.3 Å². The first-order valence-corrected chi connectivity index (χ1v) is 11.3. The van der Waals surface area contributed by atoms with Crippen LogP contribution in [0.3, 0.4) is 0 Å². The number of pyridine rings is 1. The lowest BCUT2D eigenvalue weighted by atomic mass is 10.2. The molecule has 158 valence electrons. The van der Waals surface area contributed by atoms with Crippen LogP contribution in [-0.4, -0.2) is 62.2 Å². The number of aromatic nitrogens is 1. The Morgan fingerprint density at radius 1 is 1.10 bits per heavy atom. The summed E-state index contributed by atoms with van der Waals surface area (Å²) >= 11 is 0. The van der Waals surface area contributed by atoms with Gasteiger partial charge in [0.25, 0.3) is 5.91 Å². The third-order valence-electron chi connectivity index (χ3n) is 5.20. The van der Waals surface area contributed by atoms with Crippen molar-refractivity contribution in [3.05, 3.63) is 48.2 Å². The number of rotatable bonds is 5. The lowest BCUT2D eigenvalue weighted by molar-refractivity contribution is -0.122. The van der Waals surface area contributed by atoms with Crippen LogP contribution >= 0.6 is 0 Å². The first-order chi connectivity index (χ1) is 14.4. The fourth-order valence-corrected chi connectivity index (χ4v) is 5.02. The van der Waals surface area contributed by atoms with E-state index in [-0.39, 0.29) is 36.0 Å². The van der Waals surface area contributed by atoms with Crippen molar-refractivity contribution in [3.8, 4) is 0 Å². The van der Waals surface area contributed by atoms with Gasteiger partial charge in [-0.05, 0) is 43.2 Å². The number of amides is 2. The molecule has 0 spiro atoms. The molecule has 2 N–H and O–H groups in total. The monoisotopic (exact) mass is 429 g/mol. The lowest BCUT2D eigenvalue weighted by Crippen LogP contribution is -2.49. The number of nitrogens with zero attached hydrogens (tertiary/aromatic N) is 3. The average molecular weight is 430 g/mol. The first kappa shape index (κ1) is 20.3. The molecule has 2 fully saturated rings. The Morgan fingerprint density at radius 2 is 1.90 bits per heavy atom. The molecule has 30 heavy (non-hydrogen) atoms. The van der Waals surface area contributed by atoms with Crippen molar-refractivity contribution in [2.24, 2.45) is 0 Å². The van der Waals surface area contributed by atoms with Crippen molar-refractivity contribution in [1.82, 2.24) is 14.6 Å². The van der Waals surface area contributed by atoms with Crippen LogP contribution in [0.15, 0.2) is 47.5 Å². The topological polar surface area (TPSA) is 112 Å². The number of piperazine rings is 1. The van der Waals surface area contributed by atoms with Gasteiger partial charge in [-0.3, -0.25) is 9.59 Å². The molecule has 0 unspecified atom stereocenters. The van der Waals surface area contributed by atoms with Gasteiger partial charge in [0, 0.05) is 31.7 Å². The van der Waals surface area contributed by atoms with Gasteiger partial charge in [0.1, 0.15) is 5.82 Å². The number of carbonyl (C=O) groups is 2. The van der Waals surface area contributed by atoms with E-state index in [2.05, 4.69) is 20.5 Å². The molecule has 2 saturated heterocycles. The zero-order valence-electron chi connectivity index (χ0n) is 16.4. The average Bonchev–Trinajstić information content (AvgIpc) is 3.29. The molecule has 2 aromatic rings. The molecule has 0 aliphatic carbocycles. The summed E-state index contributed by atoms with van der Waals surface area (Å²) in [5, 5.41) is 5.30. The van der Waals surface area contributed by atoms with Crippen LogP contribution < -0.4 is 15.5 Å². The van der Waals surface area contributed by atoms with Crippen LogP contribution in [0.25, 0.3) is 0 Å². The van der Waals surface area contributed by atoms with Crippen molar-refractivity contribution in [2.75, 3.05) is 42.9 Å². The second kappa shape index (κ2) is 8.41. The van der Waals surface area contributed by atoms with Gasteiger partial charge in [0.2, 0.25) is 15.9 Å². The smallest absolute Gasteiger partial charge is 0.256 e. The van der Waals surface area contributed by atoms with Crippen molar-refractivity contribution < 1.29 is 18.0 Å². The summed E-state index contributed by atoms with van der Waals surface area (Å²) in [4.78, 5) is 30.7. The molecular weight excluding hydrogens is 406 g/mol. The number of nitrogens with one attached hydrogen (secondary N) is 2. The van der Waals surface area contributed by atoms with E-state index in [1.807, 2.05) is 6.07 Å². The van der Waals surface area contributed by atoms with E-state index in [1.165, 1.54) is 37.1 Å². The Labute approximate surface area is 175 Å². The van der Waals surface area contributed by atoms with Gasteiger partial charge in [-0.25, -0.2) is 13.4 Å². The largest absolute Gasteiger partial charge is 0.370 e. The summed E-state index contributed by atoms with van der Waals surface area (Å²) in [5.74, 6) is -0.407. The maximum absolute atomic E-state index is 12.8. The normalized spacial score (nSPS) is 17.6. The highest BCUT2D eigenvalue weighted by Gasteiger charge is 2.29. The first-order valence-electron chi connectivity index (χ1n) is 9.83. The summed E-state index contributed by atoms with van der Waals surface area (Å²) in [6.07, 6.45) is 4.06. The van der Waals surface area contributed by atoms with Gasteiger partial charge in [0.05, 0.1) is 23.3 Å². The van der Waals surface area contributed by atoms with Crippen molar-refractivity contribution >= 4 is 33.3 Å². The summed E-state index contributed by atoms with van der Waals surface area (Å²) < 4.78 is 26.8. The second-order valence-corrected chi connectivity index (χ2v) is 9.20. The molecule has 1 aromatic carbocycles. The minimum atomic E-state index is -3.87. The predicted molar refractivity (Wildman–Crippen MR) is 112 cm³/mol. The molecule has 4 rings (SSSR count). The molecule has 2 amide bonds. The molecule has 0 atom stereocenters. The number of sulfonamides is 1. The molecule has 2 aliphatic heterocycles. The van der Waals surface area contributed by atoms with Crippen LogP contribution in [0.5, 0.6) is 0 Å². The van der Waals surface area contributed by atoms with E-state index < -0.39 is 15.9 Å². The molecule has 3 heterocycles. The molecule has 0 saturated carbocycles. The third-order valence-corrected chi connectivity index (χ3v) is 7.04. The van der Waals surface area contributed by atoms with Crippen LogP contribution in [0.1, 0.15) is 23.2 Å². The fraction of sp³-hybridized carbons (Fsp3) is 0.350. The Kier molecular flexibility index (Phi) is 5.69. The van der Waals surface area contributed by atoms with E-state index in [9.17, 15) is 18.0 Å². The molecule has 0 radical (unpaired) electrons. The van der Waals surface area contributed by atoms with Gasteiger partial charge < -0.3 is 15.5 Å². The molecule has 2 aliphatic rings. The number of anilines is 2. The van der Waals surface area contributed by atoms with E-state index in [4.69, 9.17) is 0 Å². The maximum Gasteiger partial charge on any atom is 0.256 e. The fourth-order valence-electron chi connectivity index (χ4n) is 3.58. The minimum absolute atomic E-state index is 0.0257. The minimum Gasteiger partial charge on any atom is -0.370 e. The number of carbonyl (C=O) groups excluding carboxylic acids is 2. The quantitative estimate of drug-likeness (QED) is 0.735. The molecule has 10 heteroatoms. The molecule has 1 aromatic heterocycles. The number of hydrogen-bond donors (Lipinski definition) is 2. The Hall–Kier alpha value is -2.98. The highest BCUT2D eigenvalue weighted by molar-refractivity contribution is 7.89. The summed E-state index contributed by atoms with van der Waals surface area (Å²) in [5.41, 5.74) is 1.21.